The third kappa shape index (κ3) is 6.05. The van der Waals surface area contributed by atoms with E-state index in [1.54, 1.807) is 7.11 Å². The van der Waals surface area contributed by atoms with Gasteiger partial charge in [0.1, 0.15) is 6.61 Å². The second-order valence-corrected chi connectivity index (χ2v) is 5.06. The molecule has 2 aromatic rings. The molecule has 0 saturated heterocycles. The quantitative estimate of drug-likeness (QED) is 0.797. The van der Waals surface area contributed by atoms with E-state index < -0.39 is 0 Å². The zero-order chi connectivity index (χ0) is 17.0. The fourth-order valence-electron chi connectivity index (χ4n) is 2.10. The van der Waals surface area contributed by atoms with Gasteiger partial charge in [0.05, 0.1) is 13.7 Å². The Hall–Kier alpha value is -2.93. The van der Waals surface area contributed by atoms with Crippen LogP contribution in [0.15, 0.2) is 54.6 Å². The fourth-order valence-corrected chi connectivity index (χ4v) is 2.10. The SMILES string of the molecule is COc1ccccc1OCC#CCNC(=O)CCc1ccccc1. The van der Waals surface area contributed by atoms with Crippen molar-refractivity contribution in [2.24, 2.45) is 0 Å². The molecule has 0 aliphatic carbocycles. The second kappa shape index (κ2) is 9.96. The number of benzene rings is 2. The monoisotopic (exact) mass is 323 g/mol. The van der Waals surface area contributed by atoms with E-state index in [0.717, 1.165) is 12.0 Å². The largest absolute Gasteiger partial charge is 0.493 e. The number of hydrogen-bond acceptors (Lipinski definition) is 3. The fraction of sp³-hybridized carbons (Fsp3) is 0.250. The Morgan fingerprint density at radius 2 is 1.71 bits per heavy atom. The lowest BCUT2D eigenvalue weighted by molar-refractivity contribution is -0.120. The molecule has 0 unspecified atom stereocenters. The minimum absolute atomic E-state index is 0.00111. The van der Waals surface area contributed by atoms with Crippen molar-refractivity contribution in [1.29, 1.82) is 0 Å². The summed E-state index contributed by atoms with van der Waals surface area (Å²) in [6.45, 7) is 0.573. The molecule has 2 rings (SSSR count). The standard InChI is InChI=1S/C20H21NO3/c1-23-18-11-5-6-12-19(18)24-16-8-7-15-21-20(22)14-13-17-9-3-2-4-10-17/h2-6,9-12H,13-16H2,1H3,(H,21,22). The summed E-state index contributed by atoms with van der Waals surface area (Å²) in [5.41, 5.74) is 1.16. The Bertz CT molecular complexity index is 702. The first kappa shape index (κ1) is 17.4. The van der Waals surface area contributed by atoms with Crippen molar-refractivity contribution in [3.05, 3.63) is 60.2 Å². The third-order valence-electron chi connectivity index (χ3n) is 3.35. The van der Waals surface area contributed by atoms with E-state index in [4.69, 9.17) is 9.47 Å². The van der Waals surface area contributed by atoms with Crippen LogP contribution >= 0.6 is 0 Å². The molecule has 0 saturated carbocycles. The van der Waals surface area contributed by atoms with Crippen molar-refractivity contribution in [1.82, 2.24) is 5.32 Å². The zero-order valence-corrected chi connectivity index (χ0v) is 13.7. The van der Waals surface area contributed by atoms with Crippen LogP contribution in [-0.4, -0.2) is 26.2 Å². The molecule has 0 radical (unpaired) electrons. The molecule has 1 N–H and O–H groups in total. The van der Waals surface area contributed by atoms with Crippen LogP contribution in [0, 0.1) is 11.8 Å². The van der Waals surface area contributed by atoms with Gasteiger partial charge in [0.25, 0.3) is 0 Å². The van der Waals surface area contributed by atoms with Gasteiger partial charge >= 0.3 is 0 Å². The van der Waals surface area contributed by atoms with E-state index in [1.807, 2.05) is 54.6 Å². The van der Waals surface area contributed by atoms with Crippen LogP contribution in [0.25, 0.3) is 0 Å². The number of ether oxygens (including phenoxy) is 2. The van der Waals surface area contributed by atoms with Crippen LogP contribution in [0.5, 0.6) is 11.5 Å². The predicted octanol–water partition coefficient (Wildman–Crippen LogP) is 2.83. The number of para-hydroxylation sites is 2. The van der Waals surface area contributed by atoms with Crippen LogP contribution in [0.3, 0.4) is 0 Å². The van der Waals surface area contributed by atoms with Gasteiger partial charge in [0.15, 0.2) is 11.5 Å². The van der Waals surface area contributed by atoms with Crippen LogP contribution in [0.2, 0.25) is 0 Å². The maximum Gasteiger partial charge on any atom is 0.221 e. The molecule has 0 atom stereocenters. The van der Waals surface area contributed by atoms with Gasteiger partial charge in [0, 0.05) is 6.42 Å². The summed E-state index contributed by atoms with van der Waals surface area (Å²) >= 11 is 0. The first-order valence-corrected chi connectivity index (χ1v) is 7.82. The second-order valence-electron chi connectivity index (χ2n) is 5.06. The maximum atomic E-state index is 11.7. The Morgan fingerprint density at radius 3 is 2.46 bits per heavy atom. The summed E-state index contributed by atoms with van der Waals surface area (Å²) in [5, 5.41) is 2.78. The highest BCUT2D eigenvalue weighted by molar-refractivity contribution is 5.76. The Balaban J connectivity index is 1.64. The Kier molecular flexibility index (Phi) is 7.23. The molecule has 4 nitrogen and oxygen atoms in total. The third-order valence-corrected chi connectivity index (χ3v) is 3.35. The van der Waals surface area contributed by atoms with Gasteiger partial charge in [-0.05, 0) is 24.1 Å². The van der Waals surface area contributed by atoms with Crippen LogP contribution < -0.4 is 14.8 Å². The molecule has 0 aliphatic rings. The lowest BCUT2D eigenvalue weighted by Crippen LogP contribution is -2.23. The maximum absolute atomic E-state index is 11.7. The number of carbonyl (C=O) groups is 1. The number of nitrogens with one attached hydrogen (secondary N) is 1. The highest BCUT2D eigenvalue weighted by atomic mass is 16.5. The van der Waals surface area contributed by atoms with E-state index in [1.165, 1.54) is 0 Å². The molecule has 1 amide bonds. The van der Waals surface area contributed by atoms with Crippen molar-refractivity contribution in [3.8, 4) is 23.3 Å². The van der Waals surface area contributed by atoms with Crippen molar-refractivity contribution < 1.29 is 14.3 Å². The number of carbonyl (C=O) groups excluding carboxylic acids is 1. The number of methoxy groups -OCH3 is 1. The molecule has 124 valence electrons. The Labute approximate surface area is 142 Å². The highest BCUT2D eigenvalue weighted by Crippen LogP contribution is 2.25. The molecule has 0 spiro atoms. The number of aryl methyl sites for hydroxylation is 1. The molecule has 0 aliphatic heterocycles. The van der Waals surface area contributed by atoms with Gasteiger partial charge in [-0.1, -0.05) is 54.3 Å². The summed E-state index contributed by atoms with van der Waals surface area (Å²) in [7, 11) is 1.60. The predicted molar refractivity (Wildman–Crippen MR) is 94.0 cm³/mol. The average molecular weight is 323 g/mol. The van der Waals surface area contributed by atoms with Crippen LogP contribution in [0.1, 0.15) is 12.0 Å². The molecule has 4 heteroatoms. The molecule has 0 aromatic heterocycles. The Morgan fingerprint density at radius 1 is 1.00 bits per heavy atom. The van der Waals surface area contributed by atoms with Crippen molar-refractivity contribution in [2.45, 2.75) is 12.8 Å². The minimum atomic E-state index is -0.00111. The summed E-state index contributed by atoms with van der Waals surface area (Å²) in [4.78, 5) is 11.7. The van der Waals surface area contributed by atoms with Gasteiger partial charge in [-0.2, -0.15) is 0 Å². The number of amides is 1. The number of rotatable bonds is 7. The van der Waals surface area contributed by atoms with Crippen molar-refractivity contribution >= 4 is 5.91 Å². The first-order chi connectivity index (χ1) is 11.8. The van der Waals surface area contributed by atoms with Crippen molar-refractivity contribution in [2.75, 3.05) is 20.3 Å². The van der Waals surface area contributed by atoms with E-state index in [2.05, 4.69) is 17.2 Å². The summed E-state index contributed by atoms with van der Waals surface area (Å²) in [6.07, 6.45) is 1.19. The van der Waals surface area contributed by atoms with Gasteiger partial charge in [0.2, 0.25) is 5.91 Å². The molecule has 0 bridgehead atoms. The molecule has 24 heavy (non-hydrogen) atoms. The summed E-state index contributed by atoms with van der Waals surface area (Å²) in [5.74, 6) is 7.07. The summed E-state index contributed by atoms with van der Waals surface area (Å²) < 4.78 is 10.7. The number of hydrogen-bond donors (Lipinski definition) is 1. The van der Waals surface area contributed by atoms with Crippen molar-refractivity contribution in [3.63, 3.8) is 0 Å². The highest BCUT2D eigenvalue weighted by Gasteiger charge is 2.01. The van der Waals surface area contributed by atoms with Gasteiger partial charge < -0.3 is 14.8 Å². The molecular formula is C20H21NO3. The minimum Gasteiger partial charge on any atom is -0.493 e. The van der Waals surface area contributed by atoms with Gasteiger partial charge in [-0.25, -0.2) is 0 Å². The van der Waals surface area contributed by atoms with E-state index >= 15 is 0 Å². The summed E-state index contributed by atoms with van der Waals surface area (Å²) in [6, 6.07) is 17.3. The smallest absolute Gasteiger partial charge is 0.221 e. The van der Waals surface area contributed by atoms with Crippen LogP contribution in [-0.2, 0) is 11.2 Å². The van der Waals surface area contributed by atoms with Crippen LogP contribution in [0.4, 0.5) is 0 Å². The lowest BCUT2D eigenvalue weighted by atomic mass is 10.1. The lowest BCUT2D eigenvalue weighted by Gasteiger charge is -2.07. The normalized spacial score (nSPS) is 9.54. The van der Waals surface area contributed by atoms with Gasteiger partial charge in [-0.15, -0.1) is 0 Å². The van der Waals surface area contributed by atoms with Gasteiger partial charge in [-0.3, -0.25) is 4.79 Å². The van der Waals surface area contributed by atoms with E-state index in [0.29, 0.717) is 24.5 Å². The molecule has 2 aromatic carbocycles. The molecule has 0 heterocycles. The zero-order valence-electron chi connectivity index (χ0n) is 13.7. The first-order valence-electron chi connectivity index (χ1n) is 7.82. The van der Waals surface area contributed by atoms with E-state index in [9.17, 15) is 4.79 Å². The topological polar surface area (TPSA) is 47.6 Å². The molecule has 0 fully saturated rings. The average Bonchev–Trinajstić information content (AvgIpc) is 2.64. The van der Waals surface area contributed by atoms with E-state index in [-0.39, 0.29) is 12.5 Å². The molecular weight excluding hydrogens is 302 g/mol.